The molecule has 0 spiro atoms. The van der Waals surface area contributed by atoms with Crippen molar-refractivity contribution in [2.75, 3.05) is 11.9 Å². The van der Waals surface area contributed by atoms with Crippen molar-refractivity contribution in [1.82, 2.24) is 0 Å². The average Bonchev–Trinajstić information content (AvgIpc) is 2.20. The van der Waals surface area contributed by atoms with Crippen molar-refractivity contribution in [3.05, 3.63) is 28.2 Å². The molecular weight excluding hydrogens is 294 g/mol. The normalized spacial score (nSPS) is 11.2. The fourth-order valence-electron chi connectivity index (χ4n) is 1.46. The number of aryl methyl sites for hydroxylation is 1. The van der Waals surface area contributed by atoms with Crippen LogP contribution in [-0.4, -0.2) is 18.1 Å². The van der Waals surface area contributed by atoms with E-state index in [2.05, 4.69) is 21.2 Å². The zero-order chi connectivity index (χ0) is 13.8. The maximum absolute atomic E-state index is 11.5. The summed E-state index contributed by atoms with van der Waals surface area (Å²) in [6, 6.07) is 6.01. The maximum atomic E-state index is 11.5. The highest BCUT2D eigenvalue weighted by molar-refractivity contribution is 9.10. The molecule has 0 bridgehead atoms. The van der Waals surface area contributed by atoms with Gasteiger partial charge in [0.1, 0.15) is 5.60 Å². The lowest BCUT2D eigenvalue weighted by atomic mass is 10.2. The Morgan fingerprint density at radius 2 is 2.06 bits per heavy atom. The van der Waals surface area contributed by atoms with E-state index in [1.54, 1.807) is 0 Å². The smallest absolute Gasteiger partial charge is 0.308 e. The van der Waals surface area contributed by atoms with E-state index in [1.807, 2.05) is 45.9 Å². The van der Waals surface area contributed by atoms with E-state index in [0.29, 0.717) is 13.0 Å². The van der Waals surface area contributed by atoms with Gasteiger partial charge in [-0.15, -0.1) is 0 Å². The van der Waals surface area contributed by atoms with E-state index in [9.17, 15) is 4.79 Å². The van der Waals surface area contributed by atoms with Gasteiger partial charge in [0.15, 0.2) is 0 Å². The summed E-state index contributed by atoms with van der Waals surface area (Å²) in [5.41, 5.74) is 1.77. The molecular formula is C14H20BrNO2. The highest BCUT2D eigenvalue weighted by atomic mass is 79.9. The van der Waals surface area contributed by atoms with Gasteiger partial charge < -0.3 is 10.1 Å². The number of carbonyl (C=O) groups is 1. The minimum Gasteiger partial charge on any atom is -0.460 e. The van der Waals surface area contributed by atoms with Crippen LogP contribution < -0.4 is 5.32 Å². The van der Waals surface area contributed by atoms with Crippen LogP contribution in [0.15, 0.2) is 22.7 Å². The Morgan fingerprint density at radius 3 is 2.61 bits per heavy atom. The molecule has 0 aliphatic heterocycles. The lowest BCUT2D eigenvalue weighted by Crippen LogP contribution is -2.25. The zero-order valence-corrected chi connectivity index (χ0v) is 12.9. The standard InChI is InChI=1S/C14H20BrNO2/c1-10-9-11(5-6-12(10)15)16-8-7-13(17)18-14(2,3)4/h5-6,9,16H,7-8H2,1-4H3. The van der Waals surface area contributed by atoms with Crippen molar-refractivity contribution in [1.29, 1.82) is 0 Å². The third kappa shape index (κ3) is 5.54. The summed E-state index contributed by atoms with van der Waals surface area (Å²) < 4.78 is 6.32. The number of halogens is 1. The molecule has 4 heteroatoms. The monoisotopic (exact) mass is 313 g/mol. The first-order chi connectivity index (χ1) is 8.28. The van der Waals surface area contributed by atoms with Gasteiger partial charge in [0.2, 0.25) is 0 Å². The number of rotatable bonds is 4. The first kappa shape index (κ1) is 15.0. The second-order valence-corrected chi connectivity index (χ2v) is 6.08. The minimum absolute atomic E-state index is 0.177. The Labute approximate surface area is 117 Å². The molecule has 18 heavy (non-hydrogen) atoms. The van der Waals surface area contributed by atoms with Gasteiger partial charge in [0.05, 0.1) is 6.42 Å². The van der Waals surface area contributed by atoms with Gasteiger partial charge in [-0.2, -0.15) is 0 Å². The molecule has 1 rings (SSSR count). The van der Waals surface area contributed by atoms with Gasteiger partial charge in [0.25, 0.3) is 0 Å². The zero-order valence-electron chi connectivity index (χ0n) is 11.3. The minimum atomic E-state index is -0.411. The second-order valence-electron chi connectivity index (χ2n) is 5.23. The molecule has 1 N–H and O–H groups in total. The van der Waals surface area contributed by atoms with Crippen molar-refractivity contribution >= 4 is 27.6 Å². The van der Waals surface area contributed by atoms with E-state index in [0.717, 1.165) is 15.7 Å². The first-order valence-electron chi connectivity index (χ1n) is 6.00. The number of benzene rings is 1. The van der Waals surface area contributed by atoms with Gasteiger partial charge in [-0.3, -0.25) is 4.79 Å². The van der Waals surface area contributed by atoms with Crippen molar-refractivity contribution in [2.45, 2.75) is 39.7 Å². The summed E-state index contributed by atoms with van der Waals surface area (Å²) >= 11 is 3.45. The van der Waals surface area contributed by atoms with Crippen molar-refractivity contribution in [3.63, 3.8) is 0 Å². The molecule has 0 aliphatic carbocycles. The summed E-state index contributed by atoms with van der Waals surface area (Å²) in [4.78, 5) is 11.5. The van der Waals surface area contributed by atoms with Gasteiger partial charge in [-0.05, 0) is 51.5 Å². The Morgan fingerprint density at radius 1 is 1.39 bits per heavy atom. The van der Waals surface area contributed by atoms with E-state index in [4.69, 9.17) is 4.74 Å². The quantitative estimate of drug-likeness (QED) is 0.857. The number of hydrogen-bond acceptors (Lipinski definition) is 3. The van der Waals surface area contributed by atoms with Crippen LogP contribution in [0, 0.1) is 6.92 Å². The van der Waals surface area contributed by atoms with Crippen LogP contribution in [0.25, 0.3) is 0 Å². The molecule has 0 aromatic heterocycles. The summed E-state index contributed by atoms with van der Waals surface area (Å²) in [5, 5.41) is 3.21. The Bertz CT molecular complexity index is 424. The Balaban J connectivity index is 2.38. The molecule has 0 heterocycles. The molecule has 0 amide bonds. The molecule has 0 aliphatic rings. The largest absolute Gasteiger partial charge is 0.460 e. The fraction of sp³-hybridized carbons (Fsp3) is 0.500. The fourth-order valence-corrected chi connectivity index (χ4v) is 1.70. The van der Waals surface area contributed by atoms with Gasteiger partial charge in [0, 0.05) is 16.7 Å². The molecule has 0 unspecified atom stereocenters. The topological polar surface area (TPSA) is 38.3 Å². The van der Waals surface area contributed by atoms with Crippen LogP contribution in [0.3, 0.4) is 0 Å². The van der Waals surface area contributed by atoms with E-state index < -0.39 is 5.60 Å². The van der Waals surface area contributed by atoms with Crippen molar-refractivity contribution < 1.29 is 9.53 Å². The number of esters is 1. The predicted octanol–water partition coefficient (Wildman–Crippen LogP) is 3.90. The SMILES string of the molecule is Cc1cc(NCCC(=O)OC(C)(C)C)ccc1Br. The number of ether oxygens (including phenoxy) is 1. The molecule has 1 aromatic rings. The summed E-state index contributed by atoms with van der Waals surface area (Å²) in [5.74, 6) is -0.177. The van der Waals surface area contributed by atoms with Gasteiger partial charge in [-0.25, -0.2) is 0 Å². The predicted molar refractivity (Wildman–Crippen MR) is 77.8 cm³/mol. The lowest BCUT2D eigenvalue weighted by molar-refractivity contribution is -0.154. The first-order valence-corrected chi connectivity index (χ1v) is 6.79. The van der Waals surface area contributed by atoms with Crippen LogP contribution in [0.4, 0.5) is 5.69 Å². The molecule has 0 fully saturated rings. The lowest BCUT2D eigenvalue weighted by Gasteiger charge is -2.19. The molecule has 0 atom stereocenters. The van der Waals surface area contributed by atoms with Crippen LogP contribution in [-0.2, 0) is 9.53 Å². The van der Waals surface area contributed by atoms with Crippen LogP contribution in [0.2, 0.25) is 0 Å². The number of carbonyl (C=O) groups excluding carboxylic acids is 1. The Kier molecular flexibility index (Phi) is 5.20. The van der Waals surface area contributed by atoms with Crippen molar-refractivity contribution in [3.8, 4) is 0 Å². The van der Waals surface area contributed by atoms with E-state index >= 15 is 0 Å². The molecule has 0 radical (unpaired) electrons. The van der Waals surface area contributed by atoms with Crippen LogP contribution in [0.5, 0.6) is 0 Å². The third-order valence-corrected chi connectivity index (χ3v) is 3.13. The number of nitrogens with one attached hydrogen (secondary N) is 1. The Hall–Kier alpha value is -1.03. The van der Waals surface area contributed by atoms with E-state index in [-0.39, 0.29) is 5.97 Å². The second kappa shape index (κ2) is 6.23. The number of anilines is 1. The molecule has 3 nitrogen and oxygen atoms in total. The van der Waals surface area contributed by atoms with Crippen molar-refractivity contribution in [2.24, 2.45) is 0 Å². The van der Waals surface area contributed by atoms with Crippen LogP contribution in [0.1, 0.15) is 32.8 Å². The molecule has 100 valence electrons. The average molecular weight is 314 g/mol. The number of hydrogen-bond donors (Lipinski definition) is 1. The van der Waals surface area contributed by atoms with E-state index in [1.165, 1.54) is 0 Å². The molecule has 0 saturated heterocycles. The summed E-state index contributed by atoms with van der Waals surface area (Å²) in [6.07, 6.45) is 0.367. The highest BCUT2D eigenvalue weighted by Gasteiger charge is 2.15. The maximum Gasteiger partial charge on any atom is 0.308 e. The van der Waals surface area contributed by atoms with Crippen LogP contribution >= 0.6 is 15.9 Å². The summed E-state index contributed by atoms with van der Waals surface area (Å²) in [7, 11) is 0. The highest BCUT2D eigenvalue weighted by Crippen LogP contribution is 2.20. The third-order valence-electron chi connectivity index (χ3n) is 2.24. The summed E-state index contributed by atoms with van der Waals surface area (Å²) in [6.45, 7) is 8.22. The molecule has 1 aromatic carbocycles. The molecule has 0 saturated carbocycles. The van der Waals surface area contributed by atoms with Gasteiger partial charge >= 0.3 is 5.97 Å². The van der Waals surface area contributed by atoms with Gasteiger partial charge in [-0.1, -0.05) is 15.9 Å².